The standard InChI is InChI=1S/C10H4ClN4O2/c11-5-1-2-8-6(3-5)9(16)7(4-17-8)10-12-14-15-13-10/h1-4H/q-1. The highest BCUT2D eigenvalue weighted by atomic mass is 35.5. The Morgan fingerprint density at radius 2 is 2.24 bits per heavy atom. The van der Waals surface area contributed by atoms with Gasteiger partial charge in [-0.1, -0.05) is 11.6 Å². The summed E-state index contributed by atoms with van der Waals surface area (Å²) in [5, 5.41) is 14.7. The zero-order chi connectivity index (χ0) is 11.8. The first kappa shape index (κ1) is 9.98. The molecule has 3 aromatic rings. The fraction of sp³-hybridized carbons (Fsp3) is 0. The Hall–Kier alpha value is -2.21. The molecular formula is C10H4ClN4O2-. The lowest BCUT2D eigenvalue weighted by Crippen LogP contribution is -2.06. The summed E-state index contributed by atoms with van der Waals surface area (Å²) in [7, 11) is 0. The molecule has 0 saturated heterocycles. The summed E-state index contributed by atoms with van der Waals surface area (Å²) in [4.78, 5) is 12.1. The number of benzene rings is 1. The first-order chi connectivity index (χ1) is 8.25. The van der Waals surface area contributed by atoms with Crippen LogP contribution < -0.4 is 10.5 Å². The summed E-state index contributed by atoms with van der Waals surface area (Å²) in [6.45, 7) is 0. The van der Waals surface area contributed by atoms with Gasteiger partial charge in [0.1, 0.15) is 11.8 Å². The molecule has 6 nitrogen and oxygen atoms in total. The predicted molar refractivity (Wildman–Crippen MR) is 59.6 cm³/mol. The third-order valence-corrected chi connectivity index (χ3v) is 2.53. The van der Waals surface area contributed by atoms with Gasteiger partial charge >= 0.3 is 0 Å². The molecule has 0 aliphatic carbocycles. The Kier molecular flexibility index (Phi) is 2.15. The molecule has 0 bridgehead atoms. The minimum absolute atomic E-state index is 0.139. The molecule has 84 valence electrons. The summed E-state index contributed by atoms with van der Waals surface area (Å²) in [5.74, 6) is 0.139. The Morgan fingerprint density at radius 1 is 1.35 bits per heavy atom. The topological polar surface area (TPSA) is 83.0 Å². The van der Waals surface area contributed by atoms with E-state index in [2.05, 4.69) is 20.6 Å². The molecule has 0 aliphatic rings. The third kappa shape index (κ3) is 1.58. The van der Waals surface area contributed by atoms with Crippen molar-refractivity contribution >= 4 is 22.6 Å². The molecule has 17 heavy (non-hydrogen) atoms. The van der Waals surface area contributed by atoms with Gasteiger partial charge in [0, 0.05) is 10.8 Å². The van der Waals surface area contributed by atoms with E-state index in [0.29, 0.717) is 16.0 Å². The van der Waals surface area contributed by atoms with E-state index in [-0.39, 0.29) is 16.8 Å². The van der Waals surface area contributed by atoms with Gasteiger partial charge in [-0.15, -0.1) is 0 Å². The van der Waals surface area contributed by atoms with Crippen LogP contribution in [0.5, 0.6) is 0 Å². The van der Waals surface area contributed by atoms with Crippen LogP contribution in [0.2, 0.25) is 5.02 Å². The molecule has 0 amide bonds. The van der Waals surface area contributed by atoms with Gasteiger partial charge in [0.15, 0.2) is 0 Å². The minimum atomic E-state index is -0.261. The summed E-state index contributed by atoms with van der Waals surface area (Å²) >= 11 is 5.83. The van der Waals surface area contributed by atoms with Gasteiger partial charge in [0.05, 0.1) is 10.9 Å². The monoisotopic (exact) mass is 247 g/mol. The van der Waals surface area contributed by atoms with E-state index < -0.39 is 0 Å². The van der Waals surface area contributed by atoms with E-state index >= 15 is 0 Å². The molecular weight excluding hydrogens is 244 g/mol. The molecule has 0 spiro atoms. The molecule has 3 rings (SSSR count). The second kappa shape index (κ2) is 3.67. The highest BCUT2D eigenvalue weighted by molar-refractivity contribution is 6.31. The summed E-state index contributed by atoms with van der Waals surface area (Å²) < 4.78 is 5.31. The number of hydrogen-bond donors (Lipinski definition) is 0. The quantitative estimate of drug-likeness (QED) is 0.644. The van der Waals surface area contributed by atoms with Crippen LogP contribution in [-0.2, 0) is 0 Å². The lowest BCUT2D eigenvalue weighted by Gasteiger charge is -2.01. The van der Waals surface area contributed by atoms with Crippen LogP contribution in [0.15, 0.2) is 33.7 Å². The van der Waals surface area contributed by atoms with E-state index in [1.807, 2.05) is 0 Å². The molecule has 0 radical (unpaired) electrons. The smallest absolute Gasteiger partial charge is 0.200 e. The molecule has 0 N–H and O–H groups in total. The Labute approximate surface area is 99.2 Å². The molecule has 0 fully saturated rings. The highest BCUT2D eigenvalue weighted by Gasteiger charge is 2.08. The maximum atomic E-state index is 12.1. The van der Waals surface area contributed by atoms with Crippen molar-refractivity contribution in [2.75, 3.05) is 0 Å². The number of rotatable bonds is 1. The molecule has 7 heteroatoms. The molecule has 0 atom stereocenters. The van der Waals surface area contributed by atoms with Crippen molar-refractivity contribution in [3.05, 3.63) is 39.7 Å². The number of tetrazole rings is 1. The van der Waals surface area contributed by atoms with Gasteiger partial charge in [-0.2, -0.15) is 5.21 Å². The highest BCUT2D eigenvalue weighted by Crippen LogP contribution is 2.19. The van der Waals surface area contributed by atoms with Gasteiger partial charge in [-0.05, 0) is 18.2 Å². The van der Waals surface area contributed by atoms with Gasteiger partial charge in [0.25, 0.3) is 0 Å². The Balaban J connectivity index is 2.36. The van der Waals surface area contributed by atoms with Gasteiger partial charge in [-0.3, -0.25) is 15.1 Å². The first-order valence-corrected chi connectivity index (χ1v) is 5.03. The van der Waals surface area contributed by atoms with Gasteiger partial charge in [0.2, 0.25) is 5.43 Å². The number of hydrogen-bond acceptors (Lipinski definition) is 5. The number of fused-ring (bicyclic) bond motifs is 1. The van der Waals surface area contributed by atoms with Crippen molar-refractivity contribution in [1.29, 1.82) is 0 Å². The Morgan fingerprint density at radius 3 is 3.00 bits per heavy atom. The second-order valence-corrected chi connectivity index (χ2v) is 3.76. The average Bonchev–Trinajstić information content (AvgIpc) is 2.84. The fourth-order valence-electron chi connectivity index (χ4n) is 1.51. The zero-order valence-corrected chi connectivity index (χ0v) is 9.05. The lowest BCUT2D eigenvalue weighted by molar-refractivity contribution is 0.604. The van der Waals surface area contributed by atoms with Crippen molar-refractivity contribution < 1.29 is 4.42 Å². The summed E-state index contributed by atoms with van der Waals surface area (Å²) in [6.07, 6.45) is 1.29. The van der Waals surface area contributed by atoms with Gasteiger partial charge < -0.3 is 9.52 Å². The largest absolute Gasteiger partial charge is 0.463 e. The van der Waals surface area contributed by atoms with Crippen LogP contribution in [0.1, 0.15) is 0 Å². The van der Waals surface area contributed by atoms with Crippen LogP contribution in [0.3, 0.4) is 0 Å². The van der Waals surface area contributed by atoms with Gasteiger partial charge in [-0.25, -0.2) is 0 Å². The van der Waals surface area contributed by atoms with Crippen molar-refractivity contribution in [2.24, 2.45) is 0 Å². The molecule has 2 heterocycles. The maximum absolute atomic E-state index is 12.1. The molecule has 1 aromatic carbocycles. The molecule has 0 saturated carbocycles. The summed E-state index contributed by atoms with van der Waals surface area (Å²) in [5.41, 5.74) is 0.406. The third-order valence-electron chi connectivity index (χ3n) is 2.29. The van der Waals surface area contributed by atoms with E-state index in [1.54, 1.807) is 12.1 Å². The second-order valence-electron chi connectivity index (χ2n) is 3.32. The van der Waals surface area contributed by atoms with Crippen LogP contribution >= 0.6 is 11.6 Å². The summed E-state index contributed by atoms with van der Waals surface area (Å²) in [6, 6.07) is 4.82. The van der Waals surface area contributed by atoms with E-state index in [9.17, 15) is 4.79 Å². The van der Waals surface area contributed by atoms with Crippen molar-refractivity contribution in [1.82, 2.24) is 20.6 Å². The number of halogens is 1. The fourth-order valence-corrected chi connectivity index (χ4v) is 1.68. The number of nitrogens with zero attached hydrogens (tertiary/aromatic N) is 4. The lowest BCUT2D eigenvalue weighted by atomic mass is 10.1. The number of aromatic nitrogens is 4. The Bertz CT molecular complexity index is 736. The molecule has 0 unspecified atom stereocenters. The van der Waals surface area contributed by atoms with Crippen molar-refractivity contribution in [3.63, 3.8) is 0 Å². The minimum Gasteiger partial charge on any atom is -0.463 e. The van der Waals surface area contributed by atoms with E-state index in [1.165, 1.54) is 12.3 Å². The first-order valence-electron chi connectivity index (χ1n) is 4.66. The normalized spacial score (nSPS) is 10.9. The van der Waals surface area contributed by atoms with Crippen LogP contribution in [0.4, 0.5) is 0 Å². The maximum Gasteiger partial charge on any atom is 0.200 e. The average molecular weight is 248 g/mol. The van der Waals surface area contributed by atoms with Crippen molar-refractivity contribution in [2.45, 2.75) is 0 Å². The van der Waals surface area contributed by atoms with E-state index in [0.717, 1.165) is 0 Å². The van der Waals surface area contributed by atoms with Crippen LogP contribution in [0, 0.1) is 0 Å². The zero-order valence-electron chi connectivity index (χ0n) is 8.29. The van der Waals surface area contributed by atoms with Crippen LogP contribution in [0.25, 0.3) is 22.4 Å². The van der Waals surface area contributed by atoms with Crippen molar-refractivity contribution in [3.8, 4) is 11.4 Å². The van der Waals surface area contributed by atoms with E-state index in [4.69, 9.17) is 16.0 Å². The van der Waals surface area contributed by atoms with Crippen LogP contribution in [-0.4, -0.2) is 15.5 Å². The SMILES string of the molecule is O=c1c(-c2nnn[n-]2)coc2ccc(Cl)cc12. The molecule has 2 aromatic heterocycles. The molecule has 0 aliphatic heterocycles. The predicted octanol–water partition coefficient (Wildman–Crippen LogP) is 1.26.